The maximum absolute atomic E-state index is 3.99. The van der Waals surface area contributed by atoms with Crippen LogP contribution < -0.4 is 0 Å². The minimum atomic E-state index is 1.07. The molecular weight excluding hydrogens is 158 g/mol. The summed E-state index contributed by atoms with van der Waals surface area (Å²) in [5, 5.41) is 0. The highest BCUT2D eigenvalue weighted by molar-refractivity contribution is 5.09. The molecule has 0 aliphatic heterocycles. The molecule has 1 heteroatoms. The van der Waals surface area contributed by atoms with E-state index in [0.717, 1.165) is 18.8 Å². The van der Waals surface area contributed by atoms with Crippen molar-refractivity contribution in [1.29, 1.82) is 0 Å². The van der Waals surface area contributed by atoms with Crippen LogP contribution in [0.4, 0.5) is 0 Å². The smallest absolute Gasteiger partial charge is 0.0287 e. The Morgan fingerprint density at radius 2 is 1.62 bits per heavy atom. The zero-order valence-electron chi connectivity index (χ0n) is 9.18. The number of rotatable bonds is 8. The van der Waals surface area contributed by atoms with Gasteiger partial charge in [0.2, 0.25) is 0 Å². The van der Waals surface area contributed by atoms with Gasteiger partial charge in [0.1, 0.15) is 0 Å². The van der Waals surface area contributed by atoms with Crippen molar-refractivity contribution < 1.29 is 0 Å². The molecule has 0 bridgehead atoms. The summed E-state index contributed by atoms with van der Waals surface area (Å²) in [5.41, 5.74) is 1.07. The van der Waals surface area contributed by atoms with Crippen LogP contribution in [0.25, 0.3) is 0 Å². The Morgan fingerprint density at radius 1 is 1.15 bits per heavy atom. The lowest BCUT2D eigenvalue weighted by molar-refractivity contribution is 0.342. The highest BCUT2D eigenvalue weighted by Gasteiger charge is 2.02. The lowest BCUT2D eigenvalue weighted by Crippen LogP contribution is -2.23. The highest BCUT2D eigenvalue weighted by atomic mass is 15.1. The Labute approximate surface area is 83.1 Å². The Kier molecular flexibility index (Phi) is 7.47. The summed E-state index contributed by atoms with van der Waals surface area (Å²) in [4.78, 5) is 2.33. The number of nitrogens with zero attached hydrogens (tertiary/aromatic N) is 1. The minimum Gasteiger partial charge on any atom is -0.372 e. The van der Waals surface area contributed by atoms with E-state index in [0.29, 0.717) is 0 Å². The first-order chi connectivity index (χ1) is 6.26. The normalized spacial score (nSPS) is 9.69. The molecule has 0 aliphatic carbocycles. The van der Waals surface area contributed by atoms with E-state index in [1.54, 1.807) is 0 Å². The fraction of sp³-hybridized carbons (Fsp3) is 0.667. The maximum Gasteiger partial charge on any atom is 0.0287 e. The number of unbranched alkanes of at least 4 members (excludes halogenated alkanes) is 2. The Morgan fingerprint density at radius 3 is 1.92 bits per heavy atom. The van der Waals surface area contributed by atoms with Gasteiger partial charge in [-0.1, -0.05) is 39.8 Å². The Bertz CT molecular complexity index is 141. The van der Waals surface area contributed by atoms with Gasteiger partial charge in [-0.2, -0.15) is 0 Å². The summed E-state index contributed by atoms with van der Waals surface area (Å²) in [6.45, 7) is 14.4. The molecule has 0 aromatic carbocycles. The lowest BCUT2D eigenvalue weighted by atomic mass is 10.2. The molecule has 76 valence electrons. The van der Waals surface area contributed by atoms with Crippen molar-refractivity contribution in [2.45, 2.75) is 39.5 Å². The van der Waals surface area contributed by atoms with E-state index in [4.69, 9.17) is 0 Å². The largest absolute Gasteiger partial charge is 0.372 e. The van der Waals surface area contributed by atoms with Crippen LogP contribution in [0.5, 0.6) is 0 Å². The van der Waals surface area contributed by atoms with Crippen LogP contribution in [0.2, 0.25) is 0 Å². The zero-order valence-corrected chi connectivity index (χ0v) is 9.18. The molecular formula is C12H23N. The third-order valence-corrected chi connectivity index (χ3v) is 2.20. The first-order valence-corrected chi connectivity index (χ1v) is 5.32. The van der Waals surface area contributed by atoms with E-state index < -0.39 is 0 Å². The summed E-state index contributed by atoms with van der Waals surface area (Å²) in [7, 11) is 0. The summed E-state index contributed by atoms with van der Waals surface area (Å²) in [6, 6.07) is 0. The first-order valence-electron chi connectivity index (χ1n) is 5.32. The molecule has 0 aliphatic rings. The van der Waals surface area contributed by atoms with Gasteiger partial charge in [-0.15, -0.1) is 0 Å². The molecule has 0 N–H and O–H groups in total. The highest BCUT2D eigenvalue weighted by Crippen LogP contribution is 2.07. The Hall–Kier alpha value is -0.720. The van der Waals surface area contributed by atoms with Crippen molar-refractivity contribution in [2.75, 3.05) is 13.1 Å². The zero-order chi connectivity index (χ0) is 10.1. The third-order valence-electron chi connectivity index (χ3n) is 2.20. The SMILES string of the molecule is C=CC(=C)N(CCCC)CCCC. The van der Waals surface area contributed by atoms with E-state index in [1.807, 2.05) is 6.08 Å². The van der Waals surface area contributed by atoms with E-state index >= 15 is 0 Å². The van der Waals surface area contributed by atoms with Crippen LogP contribution in [0.1, 0.15) is 39.5 Å². The standard InChI is InChI=1S/C12H23N/c1-5-8-10-13(11-9-6-2)12(4)7-3/h7H,3-6,8-11H2,1-2H3. The van der Waals surface area contributed by atoms with Crippen LogP contribution in [0, 0.1) is 0 Å². The van der Waals surface area contributed by atoms with E-state index in [9.17, 15) is 0 Å². The summed E-state index contributed by atoms with van der Waals surface area (Å²) < 4.78 is 0. The molecule has 0 unspecified atom stereocenters. The predicted molar refractivity (Wildman–Crippen MR) is 60.7 cm³/mol. The van der Waals surface area contributed by atoms with Crippen LogP contribution in [0.3, 0.4) is 0 Å². The van der Waals surface area contributed by atoms with Crippen molar-refractivity contribution in [3.63, 3.8) is 0 Å². The van der Waals surface area contributed by atoms with Gasteiger partial charge in [-0.25, -0.2) is 0 Å². The topological polar surface area (TPSA) is 3.24 Å². The maximum atomic E-state index is 3.99. The van der Waals surface area contributed by atoms with Gasteiger partial charge >= 0.3 is 0 Å². The predicted octanol–water partition coefficient (Wildman–Crippen LogP) is 3.59. The number of allylic oxidation sites excluding steroid dienone is 1. The van der Waals surface area contributed by atoms with Crippen molar-refractivity contribution in [3.05, 3.63) is 24.9 Å². The second kappa shape index (κ2) is 7.90. The third kappa shape index (κ3) is 5.51. The fourth-order valence-electron chi connectivity index (χ4n) is 1.23. The molecule has 0 saturated heterocycles. The van der Waals surface area contributed by atoms with Crippen LogP contribution in [-0.4, -0.2) is 18.0 Å². The average molecular weight is 181 g/mol. The van der Waals surface area contributed by atoms with Crippen molar-refractivity contribution in [1.82, 2.24) is 4.90 Å². The average Bonchev–Trinajstić information content (AvgIpc) is 2.17. The fourth-order valence-corrected chi connectivity index (χ4v) is 1.23. The molecule has 0 amide bonds. The van der Waals surface area contributed by atoms with E-state index in [2.05, 4.69) is 31.9 Å². The van der Waals surface area contributed by atoms with Crippen molar-refractivity contribution in [3.8, 4) is 0 Å². The number of hydrogen-bond acceptors (Lipinski definition) is 1. The second-order valence-corrected chi connectivity index (χ2v) is 3.39. The molecule has 1 nitrogen and oxygen atoms in total. The van der Waals surface area contributed by atoms with Crippen LogP contribution >= 0.6 is 0 Å². The molecule has 0 saturated carbocycles. The van der Waals surface area contributed by atoms with Gasteiger partial charge < -0.3 is 4.90 Å². The quantitative estimate of drug-likeness (QED) is 0.517. The van der Waals surface area contributed by atoms with Crippen molar-refractivity contribution >= 4 is 0 Å². The summed E-state index contributed by atoms with van der Waals surface area (Å²) >= 11 is 0. The summed E-state index contributed by atoms with van der Waals surface area (Å²) in [5.74, 6) is 0. The monoisotopic (exact) mass is 181 g/mol. The molecule has 0 aromatic heterocycles. The first kappa shape index (κ1) is 12.3. The van der Waals surface area contributed by atoms with Gasteiger partial charge in [0.05, 0.1) is 0 Å². The Balaban J connectivity index is 3.86. The number of hydrogen-bond donors (Lipinski definition) is 0. The van der Waals surface area contributed by atoms with Crippen LogP contribution in [-0.2, 0) is 0 Å². The van der Waals surface area contributed by atoms with Crippen LogP contribution in [0.15, 0.2) is 24.9 Å². The van der Waals surface area contributed by atoms with E-state index in [1.165, 1.54) is 25.7 Å². The van der Waals surface area contributed by atoms with Gasteiger partial charge in [0.25, 0.3) is 0 Å². The lowest BCUT2D eigenvalue weighted by Gasteiger charge is -2.24. The molecule has 0 atom stereocenters. The second-order valence-electron chi connectivity index (χ2n) is 3.39. The molecule has 0 heterocycles. The molecule has 0 spiro atoms. The van der Waals surface area contributed by atoms with Gasteiger partial charge in [-0.3, -0.25) is 0 Å². The molecule has 0 aromatic rings. The van der Waals surface area contributed by atoms with Gasteiger partial charge in [-0.05, 0) is 18.9 Å². The molecule has 0 radical (unpaired) electrons. The summed E-state index contributed by atoms with van der Waals surface area (Å²) in [6.07, 6.45) is 6.83. The van der Waals surface area contributed by atoms with Gasteiger partial charge in [0, 0.05) is 18.8 Å². The molecule has 13 heavy (non-hydrogen) atoms. The molecule has 0 rings (SSSR count). The molecule has 0 fully saturated rings. The minimum absolute atomic E-state index is 1.07. The van der Waals surface area contributed by atoms with E-state index in [-0.39, 0.29) is 0 Å². The van der Waals surface area contributed by atoms with Gasteiger partial charge in [0.15, 0.2) is 0 Å². The van der Waals surface area contributed by atoms with Crippen molar-refractivity contribution in [2.24, 2.45) is 0 Å².